The van der Waals surface area contributed by atoms with Crippen molar-refractivity contribution in [3.05, 3.63) is 29.8 Å². The Bertz CT molecular complexity index is 491. The number of nitrogens with one attached hydrogen (secondary N) is 1. The first-order valence-corrected chi connectivity index (χ1v) is 6.27. The van der Waals surface area contributed by atoms with Crippen molar-refractivity contribution < 1.29 is 23.1 Å². The Morgan fingerprint density at radius 3 is 2.65 bits per heavy atom. The van der Waals surface area contributed by atoms with Gasteiger partial charge in [0.05, 0.1) is 11.3 Å². The van der Waals surface area contributed by atoms with E-state index in [1.54, 1.807) is 23.1 Å². The summed E-state index contributed by atoms with van der Waals surface area (Å²) in [7, 11) is 0. The summed E-state index contributed by atoms with van der Waals surface area (Å²) >= 11 is 0. The summed E-state index contributed by atoms with van der Waals surface area (Å²) in [5, 5.41) is 11.6. The Balaban J connectivity index is 2.17. The molecule has 1 aliphatic heterocycles. The Morgan fingerprint density at radius 2 is 2.00 bits per heavy atom. The quantitative estimate of drug-likeness (QED) is 0.875. The molecule has 1 saturated heterocycles. The van der Waals surface area contributed by atoms with E-state index in [4.69, 9.17) is 5.11 Å². The van der Waals surface area contributed by atoms with Crippen molar-refractivity contribution in [3.63, 3.8) is 0 Å². The first-order chi connectivity index (χ1) is 9.39. The van der Waals surface area contributed by atoms with Crippen LogP contribution < -0.4 is 10.2 Å². The van der Waals surface area contributed by atoms with E-state index < -0.39 is 18.2 Å². The maximum atomic E-state index is 12.7. The van der Waals surface area contributed by atoms with Gasteiger partial charge in [0.2, 0.25) is 0 Å². The number of alkyl halides is 3. The van der Waals surface area contributed by atoms with E-state index in [9.17, 15) is 18.0 Å². The molecule has 0 radical (unpaired) electrons. The summed E-state index contributed by atoms with van der Waals surface area (Å²) in [5.41, 5.74) is 0.572. The van der Waals surface area contributed by atoms with Gasteiger partial charge in [-0.15, -0.1) is 0 Å². The Kier molecular flexibility index (Phi) is 4.17. The molecule has 1 aliphatic rings. The second kappa shape index (κ2) is 5.70. The Morgan fingerprint density at radius 1 is 1.30 bits per heavy atom. The van der Waals surface area contributed by atoms with Gasteiger partial charge in [0.15, 0.2) is 0 Å². The smallest absolute Gasteiger partial charge is 0.403 e. The topological polar surface area (TPSA) is 52.6 Å². The zero-order valence-corrected chi connectivity index (χ0v) is 10.7. The lowest BCUT2D eigenvalue weighted by atomic mass is 10.1. The number of halogens is 3. The molecule has 1 aromatic rings. The molecule has 110 valence electrons. The highest BCUT2D eigenvalue weighted by atomic mass is 19.4. The molecular weight excluding hydrogens is 273 g/mol. The van der Waals surface area contributed by atoms with Crippen molar-refractivity contribution >= 4 is 11.7 Å². The molecule has 7 heteroatoms. The molecule has 0 aromatic heterocycles. The molecule has 4 nitrogen and oxygen atoms in total. The summed E-state index contributed by atoms with van der Waals surface area (Å²) < 4.78 is 38.1. The zero-order valence-electron chi connectivity index (χ0n) is 10.7. The van der Waals surface area contributed by atoms with Crippen molar-refractivity contribution in [2.75, 3.05) is 24.5 Å². The third kappa shape index (κ3) is 3.22. The zero-order chi connectivity index (χ0) is 14.8. The molecular formula is C13H15F3N2O2. The Labute approximate surface area is 114 Å². The highest BCUT2D eigenvalue weighted by Gasteiger charge is 2.40. The second-order valence-electron chi connectivity index (χ2n) is 4.65. The first kappa shape index (κ1) is 14.6. The van der Waals surface area contributed by atoms with Crippen LogP contribution >= 0.6 is 0 Å². The van der Waals surface area contributed by atoms with Gasteiger partial charge >= 0.3 is 12.1 Å². The van der Waals surface area contributed by atoms with Crippen LogP contribution in [0, 0.1) is 0 Å². The monoisotopic (exact) mass is 288 g/mol. The van der Waals surface area contributed by atoms with Gasteiger partial charge in [-0.1, -0.05) is 12.1 Å². The number of carbonyl (C=O) groups is 1. The van der Waals surface area contributed by atoms with Gasteiger partial charge in [-0.05, 0) is 18.6 Å². The predicted octanol–water partition coefficient (Wildman–Crippen LogP) is 2.12. The van der Waals surface area contributed by atoms with Crippen LogP contribution in [0.25, 0.3) is 0 Å². The number of hydrogen-bond acceptors (Lipinski definition) is 3. The van der Waals surface area contributed by atoms with E-state index in [2.05, 4.69) is 5.32 Å². The molecule has 1 aromatic carbocycles. The van der Waals surface area contributed by atoms with Crippen LogP contribution in [0.2, 0.25) is 0 Å². The van der Waals surface area contributed by atoms with Crippen molar-refractivity contribution in [2.45, 2.75) is 18.6 Å². The van der Waals surface area contributed by atoms with Crippen LogP contribution in [0.15, 0.2) is 24.3 Å². The minimum Gasteiger partial charge on any atom is -0.478 e. The van der Waals surface area contributed by atoms with E-state index in [1.807, 2.05) is 0 Å². The van der Waals surface area contributed by atoms with E-state index in [0.29, 0.717) is 12.2 Å². The second-order valence-corrected chi connectivity index (χ2v) is 4.65. The van der Waals surface area contributed by atoms with Gasteiger partial charge in [-0.2, -0.15) is 13.2 Å². The van der Waals surface area contributed by atoms with Crippen LogP contribution in [0.4, 0.5) is 18.9 Å². The van der Waals surface area contributed by atoms with Gasteiger partial charge in [-0.3, -0.25) is 0 Å². The van der Waals surface area contributed by atoms with Crippen LogP contribution in [-0.2, 0) is 0 Å². The maximum Gasteiger partial charge on any atom is 0.403 e. The summed E-state index contributed by atoms with van der Waals surface area (Å²) in [5.74, 6) is -1.08. The third-order valence-corrected chi connectivity index (χ3v) is 3.33. The number of hydrogen-bond donors (Lipinski definition) is 2. The van der Waals surface area contributed by atoms with Crippen LogP contribution in [-0.4, -0.2) is 42.9 Å². The summed E-state index contributed by atoms with van der Waals surface area (Å²) in [6.45, 7) is 0.677. The van der Waals surface area contributed by atoms with Gasteiger partial charge in [-0.25, -0.2) is 4.79 Å². The molecule has 0 saturated carbocycles. The number of aromatic carboxylic acids is 1. The molecule has 2 N–H and O–H groups in total. The SMILES string of the molecule is O=C(O)c1ccccc1N1CCNC(C(F)(F)F)CC1. The molecule has 0 amide bonds. The van der Waals surface area contributed by atoms with E-state index in [-0.39, 0.29) is 25.1 Å². The fraction of sp³-hybridized carbons (Fsp3) is 0.462. The van der Waals surface area contributed by atoms with E-state index in [0.717, 1.165) is 0 Å². The number of rotatable bonds is 2. The summed E-state index contributed by atoms with van der Waals surface area (Å²) in [6, 6.07) is 4.82. The molecule has 0 aliphatic carbocycles. The third-order valence-electron chi connectivity index (χ3n) is 3.33. The lowest BCUT2D eigenvalue weighted by Crippen LogP contribution is -2.42. The minimum absolute atomic E-state index is 0.0997. The van der Waals surface area contributed by atoms with E-state index in [1.165, 1.54) is 6.07 Å². The summed E-state index contributed by atoms with van der Waals surface area (Å²) in [4.78, 5) is 12.8. The van der Waals surface area contributed by atoms with Gasteiger partial charge in [0.25, 0.3) is 0 Å². The van der Waals surface area contributed by atoms with Gasteiger partial charge in [0, 0.05) is 19.6 Å². The lowest BCUT2D eigenvalue weighted by Gasteiger charge is -2.24. The molecule has 20 heavy (non-hydrogen) atoms. The van der Waals surface area contributed by atoms with Crippen molar-refractivity contribution in [2.24, 2.45) is 0 Å². The van der Waals surface area contributed by atoms with Gasteiger partial charge < -0.3 is 15.3 Å². The normalized spacial score (nSPS) is 20.6. The highest BCUT2D eigenvalue weighted by molar-refractivity contribution is 5.94. The Hall–Kier alpha value is -1.76. The number of benzene rings is 1. The van der Waals surface area contributed by atoms with Crippen molar-refractivity contribution in [3.8, 4) is 0 Å². The molecule has 2 rings (SSSR count). The van der Waals surface area contributed by atoms with Crippen molar-refractivity contribution in [1.29, 1.82) is 0 Å². The number of anilines is 1. The number of nitrogens with zero attached hydrogens (tertiary/aromatic N) is 1. The standard InChI is InChI=1S/C13H15F3N2O2/c14-13(15,16)11-5-7-18(8-6-17-11)10-4-2-1-3-9(10)12(19)20/h1-4,11,17H,5-8H2,(H,19,20). The van der Waals surface area contributed by atoms with Gasteiger partial charge in [0.1, 0.15) is 6.04 Å². The fourth-order valence-electron chi connectivity index (χ4n) is 2.32. The number of carboxylic acids is 1. The fourth-order valence-corrected chi connectivity index (χ4v) is 2.32. The molecule has 1 heterocycles. The van der Waals surface area contributed by atoms with E-state index >= 15 is 0 Å². The van der Waals surface area contributed by atoms with Crippen LogP contribution in [0.5, 0.6) is 0 Å². The molecule has 0 bridgehead atoms. The first-order valence-electron chi connectivity index (χ1n) is 6.27. The molecule has 1 unspecified atom stereocenters. The average molecular weight is 288 g/mol. The average Bonchev–Trinajstić information content (AvgIpc) is 2.63. The lowest BCUT2D eigenvalue weighted by molar-refractivity contribution is -0.155. The minimum atomic E-state index is -4.28. The number of carboxylic acid groups (broad SMARTS) is 1. The van der Waals surface area contributed by atoms with Crippen LogP contribution in [0.1, 0.15) is 16.8 Å². The maximum absolute atomic E-state index is 12.7. The number of para-hydroxylation sites is 1. The van der Waals surface area contributed by atoms with Crippen molar-refractivity contribution in [1.82, 2.24) is 5.32 Å². The summed E-state index contributed by atoms with van der Waals surface area (Å²) in [6.07, 6.45) is -4.38. The van der Waals surface area contributed by atoms with Crippen LogP contribution in [0.3, 0.4) is 0 Å². The molecule has 0 spiro atoms. The predicted molar refractivity (Wildman–Crippen MR) is 68.1 cm³/mol. The molecule has 1 fully saturated rings. The molecule has 1 atom stereocenters. The largest absolute Gasteiger partial charge is 0.478 e. The highest BCUT2D eigenvalue weighted by Crippen LogP contribution is 2.26.